The zero-order valence-electron chi connectivity index (χ0n) is 10.4. The van der Waals surface area contributed by atoms with Gasteiger partial charge in [-0.15, -0.1) is 0 Å². The van der Waals surface area contributed by atoms with E-state index in [4.69, 9.17) is 5.11 Å². The van der Waals surface area contributed by atoms with Crippen LogP contribution in [0.3, 0.4) is 0 Å². The number of carbonyl (C=O) groups is 2. The van der Waals surface area contributed by atoms with E-state index in [2.05, 4.69) is 15.9 Å². The van der Waals surface area contributed by atoms with Crippen LogP contribution in [0.1, 0.15) is 19.4 Å². The van der Waals surface area contributed by atoms with E-state index in [1.54, 1.807) is 0 Å². The van der Waals surface area contributed by atoms with Crippen LogP contribution < -0.4 is 0 Å². The van der Waals surface area contributed by atoms with Gasteiger partial charge in [0, 0.05) is 10.5 Å². The Kier molecular flexibility index (Phi) is 5.34. The average molecular weight is 314 g/mol. The van der Waals surface area contributed by atoms with Gasteiger partial charge in [0.2, 0.25) is 5.91 Å². The van der Waals surface area contributed by atoms with E-state index in [-0.39, 0.29) is 24.9 Å². The van der Waals surface area contributed by atoms with E-state index < -0.39 is 5.97 Å². The molecular weight excluding hydrogens is 298 g/mol. The van der Waals surface area contributed by atoms with Gasteiger partial charge in [0.25, 0.3) is 0 Å². The van der Waals surface area contributed by atoms with Crippen LogP contribution in [-0.4, -0.2) is 34.5 Å². The predicted molar refractivity (Wildman–Crippen MR) is 72.3 cm³/mol. The van der Waals surface area contributed by atoms with Crippen molar-refractivity contribution in [1.29, 1.82) is 0 Å². The van der Waals surface area contributed by atoms with Gasteiger partial charge in [-0.2, -0.15) is 0 Å². The zero-order valence-corrected chi connectivity index (χ0v) is 12.0. The van der Waals surface area contributed by atoms with Crippen LogP contribution in [0.5, 0.6) is 0 Å². The number of hydrogen-bond donors (Lipinski definition) is 1. The molecule has 0 fully saturated rings. The summed E-state index contributed by atoms with van der Waals surface area (Å²) in [5.74, 6) is -1.16. The second-order valence-electron chi connectivity index (χ2n) is 4.31. The van der Waals surface area contributed by atoms with Gasteiger partial charge in [-0.3, -0.25) is 9.59 Å². The lowest BCUT2D eigenvalue weighted by Crippen LogP contribution is -2.41. The molecule has 0 heterocycles. The van der Waals surface area contributed by atoms with Crippen molar-refractivity contribution in [1.82, 2.24) is 4.90 Å². The Morgan fingerprint density at radius 2 is 1.83 bits per heavy atom. The molecule has 0 aliphatic carbocycles. The molecule has 18 heavy (non-hydrogen) atoms. The van der Waals surface area contributed by atoms with Gasteiger partial charge in [0.05, 0.1) is 6.42 Å². The Morgan fingerprint density at radius 1 is 1.28 bits per heavy atom. The first kappa shape index (κ1) is 14.7. The van der Waals surface area contributed by atoms with Crippen LogP contribution >= 0.6 is 15.9 Å². The second kappa shape index (κ2) is 6.54. The first-order valence-corrected chi connectivity index (χ1v) is 6.45. The van der Waals surface area contributed by atoms with E-state index in [1.807, 2.05) is 38.1 Å². The number of rotatable bonds is 5. The fourth-order valence-corrected chi connectivity index (χ4v) is 1.85. The molecule has 1 rings (SSSR count). The van der Waals surface area contributed by atoms with Crippen molar-refractivity contribution >= 4 is 27.8 Å². The fraction of sp³-hybridized carbons (Fsp3) is 0.385. The monoisotopic (exact) mass is 313 g/mol. The van der Waals surface area contributed by atoms with Gasteiger partial charge in [-0.05, 0) is 31.5 Å². The van der Waals surface area contributed by atoms with Crippen molar-refractivity contribution in [2.75, 3.05) is 6.54 Å². The third-order valence-corrected chi connectivity index (χ3v) is 3.05. The summed E-state index contributed by atoms with van der Waals surface area (Å²) in [5.41, 5.74) is 0.874. The minimum atomic E-state index is -0.993. The number of halogens is 1. The Morgan fingerprint density at radius 3 is 2.28 bits per heavy atom. The summed E-state index contributed by atoms with van der Waals surface area (Å²) < 4.78 is 0.949. The number of benzene rings is 1. The summed E-state index contributed by atoms with van der Waals surface area (Å²) in [6.07, 6.45) is 0.221. The minimum absolute atomic E-state index is 0.121. The highest BCUT2D eigenvalue weighted by Gasteiger charge is 2.19. The molecule has 1 aromatic rings. The molecule has 0 aliphatic rings. The zero-order chi connectivity index (χ0) is 13.7. The normalized spacial score (nSPS) is 10.4. The molecule has 0 saturated carbocycles. The van der Waals surface area contributed by atoms with Gasteiger partial charge >= 0.3 is 5.97 Å². The SMILES string of the molecule is CC(C)N(CC(=O)O)C(=O)Cc1ccc(Br)cc1. The standard InChI is InChI=1S/C13H16BrNO3/c1-9(2)15(8-13(17)18)12(16)7-10-3-5-11(14)6-4-10/h3-6,9H,7-8H2,1-2H3,(H,17,18). The molecule has 1 N–H and O–H groups in total. The topological polar surface area (TPSA) is 57.6 Å². The van der Waals surface area contributed by atoms with E-state index in [1.165, 1.54) is 4.90 Å². The van der Waals surface area contributed by atoms with Crippen LogP contribution in [0.2, 0.25) is 0 Å². The molecule has 0 saturated heterocycles. The first-order chi connectivity index (χ1) is 8.40. The van der Waals surface area contributed by atoms with E-state index in [9.17, 15) is 9.59 Å². The minimum Gasteiger partial charge on any atom is -0.480 e. The Balaban J connectivity index is 2.72. The molecule has 1 amide bonds. The molecule has 0 atom stereocenters. The number of hydrogen-bond acceptors (Lipinski definition) is 2. The highest BCUT2D eigenvalue weighted by molar-refractivity contribution is 9.10. The predicted octanol–water partition coefficient (Wildman–Crippen LogP) is 2.31. The molecule has 0 unspecified atom stereocenters. The number of aliphatic carboxylic acids is 1. The molecule has 1 aromatic carbocycles. The summed E-state index contributed by atoms with van der Waals surface area (Å²) >= 11 is 3.32. The lowest BCUT2D eigenvalue weighted by atomic mass is 10.1. The number of carboxylic acids is 1. The Bertz CT molecular complexity index is 428. The fourth-order valence-electron chi connectivity index (χ4n) is 1.58. The summed E-state index contributed by atoms with van der Waals surface area (Å²) in [6.45, 7) is 3.36. The van der Waals surface area contributed by atoms with Gasteiger partial charge < -0.3 is 10.0 Å². The maximum absolute atomic E-state index is 12.0. The smallest absolute Gasteiger partial charge is 0.323 e. The van der Waals surface area contributed by atoms with E-state index in [0.29, 0.717) is 0 Å². The third kappa shape index (κ3) is 4.49. The van der Waals surface area contributed by atoms with Crippen molar-refractivity contribution < 1.29 is 14.7 Å². The van der Waals surface area contributed by atoms with Crippen molar-refractivity contribution in [2.24, 2.45) is 0 Å². The Hall–Kier alpha value is -1.36. The van der Waals surface area contributed by atoms with Crippen LogP contribution in [-0.2, 0) is 16.0 Å². The second-order valence-corrected chi connectivity index (χ2v) is 5.23. The van der Waals surface area contributed by atoms with Crippen LogP contribution in [0.25, 0.3) is 0 Å². The quantitative estimate of drug-likeness (QED) is 0.907. The number of amides is 1. The lowest BCUT2D eigenvalue weighted by molar-refractivity contribution is -0.145. The summed E-state index contributed by atoms with van der Waals surface area (Å²) in [7, 11) is 0. The highest BCUT2D eigenvalue weighted by atomic mass is 79.9. The van der Waals surface area contributed by atoms with E-state index in [0.717, 1.165) is 10.0 Å². The number of nitrogens with zero attached hydrogens (tertiary/aromatic N) is 1. The molecule has 5 heteroatoms. The Labute approximate surface area is 115 Å². The summed E-state index contributed by atoms with van der Waals surface area (Å²) in [5, 5.41) is 8.78. The van der Waals surface area contributed by atoms with Crippen molar-refractivity contribution in [3.63, 3.8) is 0 Å². The molecule has 0 radical (unpaired) electrons. The number of carboxylic acid groups (broad SMARTS) is 1. The van der Waals surface area contributed by atoms with Crippen molar-refractivity contribution in [2.45, 2.75) is 26.3 Å². The molecular formula is C13H16BrNO3. The van der Waals surface area contributed by atoms with Gasteiger partial charge in [0.1, 0.15) is 6.54 Å². The van der Waals surface area contributed by atoms with Crippen molar-refractivity contribution in [3.05, 3.63) is 34.3 Å². The first-order valence-electron chi connectivity index (χ1n) is 5.66. The van der Waals surface area contributed by atoms with Gasteiger partial charge in [0.15, 0.2) is 0 Å². The maximum atomic E-state index is 12.0. The van der Waals surface area contributed by atoms with E-state index >= 15 is 0 Å². The van der Waals surface area contributed by atoms with Gasteiger partial charge in [-0.1, -0.05) is 28.1 Å². The van der Waals surface area contributed by atoms with Crippen LogP contribution in [0, 0.1) is 0 Å². The average Bonchev–Trinajstić information content (AvgIpc) is 2.28. The highest BCUT2D eigenvalue weighted by Crippen LogP contribution is 2.12. The maximum Gasteiger partial charge on any atom is 0.323 e. The van der Waals surface area contributed by atoms with Crippen LogP contribution in [0.4, 0.5) is 0 Å². The molecule has 0 spiro atoms. The van der Waals surface area contributed by atoms with Gasteiger partial charge in [-0.25, -0.2) is 0 Å². The molecule has 4 nitrogen and oxygen atoms in total. The summed E-state index contributed by atoms with van der Waals surface area (Å²) in [6, 6.07) is 7.30. The third-order valence-electron chi connectivity index (χ3n) is 2.52. The molecule has 0 aliphatic heterocycles. The molecule has 0 bridgehead atoms. The molecule has 0 aromatic heterocycles. The number of carbonyl (C=O) groups excluding carboxylic acids is 1. The lowest BCUT2D eigenvalue weighted by Gasteiger charge is -2.24. The summed E-state index contributed by atoms with van der Waals surface area (Å²) in [4.78, 5) is 24.1. The molecule has 98 valence electrons. The van der Waals surface area contributed by atoms with Crippen molar-refractivity contribution in [3.8, 4) is 0 Å². The van der Waals surface area contributed by atoms with Crippen LogP contribution in [0.15, 0.2) is 28.7 Å². The largest absolute Gasteiger partial charge is 0.480 e.